The van der Waals surface area contributed by atoms with E-state index in [1.165, 1.54) is 18.2 Å². The molecule has 1 aliphatic heterocycles. The van der Waals surface area contributed by atoms with Gasteiger partial charge in [0.15, 0.2) is 0 Å². The third kappa shape index (κ3) is 4.74. The van der Waals surface area contributed by atoms with E-state index in [1.807, 2.05) is 4.31 Å². The van der Waals surface area contributed by atoms with Gasteiger partial charge in [0, 0.05) is 31.3 Å². The Bertz CT molecular complexity index is 687. The van der Waals surface area contributed by atoms with Crippen molar-refractivity contribution in [3.8, 4) is 5.75 Å². The van der Waals surface area contributed by atoms with Crippen molar-refractivity contribution in [1.29, 1.82) is 0 Å². The Labute approximate surface area is 163 Å². The van der Waals surface area contributed by atoms with E-state index in [2.05, 4.69) is 4.72 Å². The fourth-order valence-corrected chi connectivity index (χ4v) is 4.38. The van der Waals surface area contributed by atoms with Gasteiger partial charge in [-0.2, -0.15) is 0 Å². The standard InChI is InChI=1S/C20H26F2N2O2S/c21-15-6-2-13(3-7-15)12-26-19-11-18(22)17(10-16(19)14-4-5-14)20(25)23-27-24-8-1-9-24/h10-11,13-15H,1-9,12H2,(H,23,25). The molecule has 4 nitrogen and oxygen atoms in total. The summed E-state index contributed by atoms with van der Waals surface area (Å²) in [5.74, 6) is 0.256. The summed E-state index contributed by atoms with van der Waals surface area (Å²) in [6.45, 7) is 2.37. The second kappa shape index (κ2) is 8.35. The van der Waals surface area contributed by atoms with Crippen molar-refractivity contribution in [1.82, 2.24) is 9.03 Å². The first kappa shape index (κ1) is 19.0. The van der Waals surface area contributed by atoms with Gasteiger partial charge in [-0.15, -0.1) is 0 Å². The Morgan fingerprint density at radius 2 is 1.93 bits per heavy atom. The third-order valence-electron chi connectivity index (χ3n) is 5.69. The van der Waals surface area contributed by atoms with Crippen LogP contribution >= 0.6 is 12.1 Å². The predicted molar refractivity (Wildman–Crippen MR) is 102 cm³/mol. The number of carbonyl (C=O) groups excluding carboxylic acids is 1. The van der Waals surface area contributed by atoms with Gasteiger partial charge in [0.1, 0.15) is 17.7 Å². The third-order valence-corrected chi connectivity index (χ3v) is 6.59. The Balaban J connectivity index is 1.42. The van der Waals surface area contributed by atoms with Crippen LogP contribution in [0.5, 0.6) is 5.75 Å². The van der Waals surface area contributed by atoms with E-state index in [9.17, 15) is 13.6 Å². The van der Waals surface area contributed by atoms with Gasteiger partial charge < -0.3 is 4.74 Å². The molecule has 0 atom stereocenters. The molecule has 27 heavy (non-hydrogen) atoms. The van der Waals surface area contributed by atoms with Gasteiger partial charge in [0.25, 0.3) is 5.91 Å². The highest BCUT2D eigenvalue weighted by Crippen LogP contribution is 2.45. The maximum absolute atomic E-state index is 14.6. The Morgan fingerprint density at radius 1 is 1.19 bits per heavy atom. The van der Waals surface area contributed by atoms with E-state index in [0.29, 0.717) is 37.0 Å². The number of carbonyl (C=O) groups is 1. The van der Waals surface area contributed by atoms with Crippen LogP contribution in [-0.2, 0) is 0 Å². The predicted octanol–water partition coefficient (Wildman–Crippen LogP) is 4.61. The molecule has 1 amide bonds. The lowest BCUT2D eigenvalue weighted by molar-refractivity contribution is 0.0978. The van der Waals surface area contributed by atoms with Gasteiger partial charge in [0.05, 0.1) is 12.2 Å². The molecule has 0 bridgehead atoms. The Kier molecular flexibility index (Phi) is 5.88. The molecule has 148 valence electrons. The number of amides is 1. The number of alkyl halides is 1. The Morgan fingerprint density at radius 3 is 2.56 bits per heavy atom. The minimum absolute atomic E-state index is 0.0789. The lowest BCUT2D eigenvalue weighted by Gasteiger charge is -2.28. The largest absolute Gasteiger partial charge is 0.493 e. The van der Waals surface area contributed by atoms with Gasteiger partial charge in [0.2, 0.25) is 0 Å². The summed E-state index contributed by atoms with van der Waals surface area (Å²) in [4.78, 5) is 12.4. The average molecular weight is 397 g/mol. The molecule has 1 aromatic rings. The molecule has 3 fully saturated rings. The molecular formula is C20H26F2N2O2S. The minimum atomic E-state index is -0.687. The first-order valence-corrected chi connectivity index (χ1v) is 10.7. The molecule has 7 heteroatoms. The zero-order chi connectivity index (χ0) is 18.8. The first-order valence-electron chi connectivity index (χ1n) is 9.92. The fourth-order valence-electron chi connectivity index (χ4n) is 3.62. The van der Waals surface area contributed by atoms with Crippen molar-refractivity contribution >= 4 is 18.0 Å². The van der Waals surface area contributed by atoms with E-state index in [4.69, 9.17) is 4.74 Å². The summed E-state index contributed by atoms with van der Waals surface area (Å²) < 4.78 is 38.6. The number of rotatable bonds is 7. The second-order valence-corrected chi connectivity index (χ2v) is 8.78. The number of nitrogens with one attached hydrogen (secondary N) is 1. The molecule has 1 heterocycles. The normalized spacial score (nSPS) is 25.7. The number of hydrogen-bond acceptors (Lipinski definition) is 4. The van der Waals surface area contributed by atoms with Crippen molar-refractivity contribution < 1.29 is 18.3 Å². The van der Waals surface area contributed by atoms with Crippen LogP contribution in [0.1, 0.15) is 66.8 Å². The molecular weight excluding hydrogens is 370 g/mol. The number of benzene rings is 1. The zero-order valence-corrected chi connectivity index (χ0v) is 16.2. The van der Waals surface area contributed by atoms with Gasteiger partial charge in [-0.05, 0) is 68.4 Å². The number of nitrogens with zero attached hydrogens (tertiary/aromatic N) is 1. The lowest BCUT2D eigenvalue weighted by atomic mass is 9.89. The lowest BCUT2D eigenvalue weighted by Crippen LogP contribution is -2.35. The van der Waals surface area contributed by atoms with E-state index in [-0.39, 0.29) is 5.56 Å². The summed E-state index contributed by atoms with van der Waals surface area (Å²) in [5, 5.41) is 0. The second-order valence-electron chi connectivity index (χ2n) is 7.88. The van der Waals surface area contributed by atoms with Crippen molar-refractivity contribution in [2.75, 3.05) is 19.7 Å². The van der Waals surface area contributed by atoms with Crippen molar-refractivity contribution in [3.05, 3.63) is 29.1 Å². The van der Waals surface area contributed by atoms with Crippen molar-refractivity contribution in [3.63, 3.8) is 0 Å². The molecule has 0 unspecified atom stereocenters. The summed E-state index contributed by atoms with van der Waals surface area (Å²) in [7, 11) is 0. The highest BCUT2D eigenvalue weighted by Gasteiger charge is 2.30. The summed E-state index contributed by atoms with van der Waals surface area (Å²) >= 11 is 1.24. The molecule has 4 rings (SSSR count). The molecule has 3 aliphatic rings. The highest BCUT2D eigenvalue weighted by atomic mass is 32.2. The van der Waals surface area contributed by atoms with E-state index in [1.54, 1.807) is 6.07 Å². The summed E-state index contributed by atoms with van der Waals surface area (Å²) in [6.07, 6.45) is 5.33. The van der Waals surface area contributed by atoms with Crippen LogP contribution in [0.3, 0.4) is 0 Å². The molecule has 1 saturated heterocycles. The fraction of sp³-hybridized carbons (Fsp3) is 0.650. The van der Waals surface area contributed by atoms with Crippen LogP contribution in [0.25, 0.3) is 0 Å². The van der Waals surface area contributed by atoms with Crippen molar-refractivity contribution in [2.24, 2.45) is 5.92 Å². The van der Waals surface area contributed by atoms with Crippen LogP contribution < -0.4 is 9.46 Å². The maximum atomic E-state index is 14.6. The topological polar surface area (TPSA) is 41.6 Å². The molecule has 0 spiro atoms. The molecule has 2 aliphatic carbocycles. The van der Waals surface area contributed by atoms with Crippen LogP contribution in [0, 0.1) is 11.7 Å². The maximum Gasteiger partial charge on any atom is 0.265 e. The van der Waals surface area contributed by atoms with Crippen LogP contribution in [0.15, 0.2) is 12.1 Å². The number of hydrogen-bond donors (Lipinski definition) is 1. The molecule has 0 aromatic heterocycles. The summed E-state index contributed by atoms with van der Waals surface area (Å²) in [5.41, 5.74) is 1.00. The average Bonchev–Trinajstić information content (AvgIpc) is 3.45. The monoisotopic (exact) mass is 396 g/mol. The quantitative estimate of drug-likeness (QED) is 0.684. The van der Waals surface area contributed by atoms with Crippen LogP contribution in [-0.4, -0.2) is 36.1 Å². The molecule has 2 saturated carbocycles. The Hall–Kier alpha value is -1.34. The van der Waals surface area contributed by atoms with E-state index in [0.717, 1.165) is 50.8 Å². The first-order chi connectivity index (χ1) is 13.1. The number of ether oxygens (including phenoxy) is 1. The van der Waals surface area contributed by atoms with Crippen LogP contribution in [0.2, 0.25) is 0 Å². The molecule has 0 radical (unpaired) electrons. The molecule has 1 aromatic carbocycles. The van der Waals surface area contributed by atoms with Gasteiger partial charge in [-0.25, -0.2) is 13.1 Å². The molecule has 1 N–H and O–H groups in total. The van der Waals surface area contributed by atoms with Crippen molar-refractivity contribution in [2.45, 2.75) is 57.0 Å². The SMILES string of the molecule is O=C(NSN1CCC1)c1cc(C2CC2)c(OCC2CCC(F)CC2)cc1F. The zero-order valence-electron chi connectivity index (χ0n) is 15.4. The summed E-state index contributed by atoms with van der Waals surface area (Å²) in [6, 6.07) is 3.02. The van der Waals surface area contributed by atoms with Crippen LogP contribution in [0.4, 0.5) is 8.78 Å². The van der Waals surface area contributed by atoms with Gasteiger partial charge >= 0.3 is 0 Å². The minimum Gasteiger partial charge on any atom is -0.493 e. The van der Waals surface area contributed by atoms with E-state index < -0.39 is 17.9 Å². The van der Waals surface area contributed by atoms with Gasteiger partial charge in [-0.1, -0.05) is 0 Å². The van der Waals surface area contributed by atoms with E-state index >= 15 is 0 Å². The van der Waals surface area contributed by atoms with Gasteiger partial charge in [-0.3, -0.25) is 9.52 Å². The smallest absolute Gasteiger partial charge is 0.265 e. The number of halogens is 2. The highest BCUT2D eigenvalue weighted by molar-refractivity contribution is 7.95.